The lowest BCUT2D eigenvalue weighted by molar-refractivity contribution is -0.111. The molecule has 4 rings (SSSR count). The first-order chi connectivity index (χ1) is 18.6. The van der Waals surface area contributed by atoms with E-state index in [1.165, 1.54) is 12.3 Å². The molecule has 10 heteroatoms. The predicted octanol–water partition coefficient (Wildman–Crippen LogP) is 5.33. The Hall–Kier alpha value is -3.99. The number of para-hydroxylation sites is 1. The molecule has 9 nitrogen and oxygen atoms in total. The van der Waals surface area contributed by atoms with Crippen LogP contribution in [0, 0.1) is 18.3 Å². The van der Waals surface area contributed by atoms with Crippen molar-refractivity contribution in [1.29, 1.82) is 5.26 Å². The van der Waals surface area contributed by atoms with Crippen molar-refractivity contribution in [1.82, 2.24) is 14.9 Å². The van der Waals surface area contributed by atoms with E-state index in [2.05, 4.69) is 56.6 Å². The lowest BCUT2D eigenvalue weighted by atomic mass is 9.87. The molecule has 0 saturated carbocycles. The van der Waals surface area contributed by atoms with Gasteiger partial charge in [0.15, 0.2) is 5.82 Å². The van der Waals surface area contributed by atoms with Crippen LogP contribution in [0.15, 0.2) is 55.3 Å². The van der Waals surface area contributed by atoms with Gasteiger partial charge in [0, 0.05) is 16.7 Å². The molecule has 0 spiro atoms. The van der Waals surface area contributed by atoms with Gasteiger partial charge in [0.25, 0.3) is 0 Å². The summed E-state index contributed by atoms with van der Waals surface area (Å²) in [4.78, 5) is 23.5. The molecule has 1 amide bonds. The van der Waals surface area contributed by atoms with Gasteiger partial charge >= 0.3 is 0 Å². The quantitative estimate of drug-likeness (QED) is 0.258. The van der Waals surface area contributed by atoms with Gasteiger partial charge in [-0.3, -0.25) is 4.79 Å². The van der Waals surface area contributed by atoms with E-state index in [1.54, 1.807) is 13.3 Å². The van der Waals surface area contributed by atoms with Gasteiger partial charge in [-0.15, -0.1) is 0 Å². The summed E-state index contributed by atoms with van der Waals surface area (Å²) in [6, 6.07) is 13.4. The monoisotopic (exact) mass is 543 g/mol. The number of benzene rings is 2. The normalized spacial score (nSPS) is 14.3. The standard InChI is InChI=1S/C29H34N7O2P/c1-6-27(37)32-25-16-24(19(2)15-22(25)20-11-13-36(3)14-12-20)34-29-31-18-21(17-30)28(35-29)33-23-9-7-8-10-26(23)39(4,5)38/h6-10,15-16,18,20H,1,11-14H2,2-5H3,(H,32,37)(H2,31,33,34,35). The number of likely N-dealkylation sites (tertiary alicyclic amines) is 1. The Morgan fingerprint density at radius 3 is 2.54 bits per heavy atom. The average Bonchev–Trinajstić information content (AvgIpc) is 2.90. The van der Waals surface area contributed by atoms with E-state index < -0.39 is 7.14 Å². The van der Waals surface area contributed by atoms with Crippen LogP contribution in [0.4, 0.5) is 28.8 Å². The SMILES string of the molecule is C=CC(=O)Nc1cc(Nc2ncc(C#N)c(Nc3ccccc3P(C)(C)=O)n2)c(C)cc1C1CCN(C)CC1. The first kappa shape index (κ1) is 28.0. The van der Waals surface area contributed by atoms with Crippen molar-refractivity contribution < 1.29 is 9.36 Å². The lowest BCUT2D eigenvalue weighted by Crippen LogP contribution is -2.29. The summed E-state index contributed by atoms with van der Waals surface area (Å²) in [5.74, 6) is 0.644. The number of nitrogens with one attached hydrogen (secondary N) is 3. The molecule has 2 aromatic carbocycles. The van der Waals surface area contributed by atoms with E-state index in [1.807, 2.05) is 37.3 Å². The van der Waals surface area contributed by atoms with E-state index in [0.717, 1.165) is 48.4 Å². The molecule has 0 unspecified atom stereocenters. The Bertz CT molecular complexity index is 1480. The Morgan fingerprint density at radius 1 is 1.15 bits per heavy atom. The molecular weight excluding hydrogens is 509 g/mol. The van der Waals surface area contributed by atoms with Gasteiger partial charge in [-0.1, -0.05) is 24.8 Å². The van der Waals surface area contributed by atoms with Gasteiger partial charge in [-0.05, 0) is 94.6 Å². The highest BCUT2D eigenvalue weighted by Gasteiger charge is 2.23. The summed E-state index contributed by atoms with van der Waals surface area (Å²) in [5, 5.41) is 19.7. The van der Waals surface area contributed by atoms with E-state index >= 15 is 0 Å². The van der Waals surface area contributed by atoms with E-state index in [-0.39, 0.29) is 17.4 Å². The highest BCUT2D eigenvalue weighted by atomic mass is 31.2. The fraction of sp³-hybridized carbons (Fsp3) is 0.310. The van der Waals surface area contributed by atoms with E-state index in [4.69, 9.17) is 0 Å². The van der Waals surface area contributed by atoms with Crippen molar-refractivity contribution in [2.45, 2.75) is 25.7 Å². The van der Waals surface area contributed by atoms with Crippen LogP contribution in [0.5, 0.6) is 0 Å². The number of carbonyl (C=O) groups is 1. The number of amides is 1. The van der Waals surface area contributed by atoms with Crippen LogP contribution < -0.4 is 21.3 Å². The summed E-state index contributed by atoms with van der Waals surface area (Å²) in [6.07, 6.45) is 4.73. The van der Waals surface area contributed by atoms with Gasteiger partial charge < -0.3 is 25.4 Å². The molecule has 1 fully saturated rings. The number of nitrogens with zero attached hydrogens (tertiary/aromatic N) is 4. The molecule has 3 aromatic rings. The minimum atomic E-state index is -2.58. The Labute approximate surface area is 229 Å². The van der Waals surface area contributed by atoms with Crippen LogP contribution >= 0.6 is 7.14 Å². The number of carbonyl (C=O) groups excluding carboxylic acids is 1. The van der Waals surface area contributed by atoms with Crippen molar-refractivity contribution in [2.75, 3.05) is 49.4 Å². The number of rotatable bonds is 8. The molecule has 0 atom stereocenters. The number of hydrogen-bond acceptors (Lipinski definition) is 8. The second-order valence-electron chi connectivity index (χ2n) is 10.2. The summed E-state index contributed by atoms with van der Waals surface area (Å²) in [7, 11) is -0.456. The second kappa shape index (κ2) is 11.8. The molecule has 1 aliphatic rings. The Morgan fingerprint density at radius 2 is 1.87 bits per heavy atom. The average molecular weight is 544 g/mol. The fourth-order valence-electron chi connectivity index (χ4n) is 4.73. The van der Waals surface area contributed by atoms with Crippen LogP contribution in [0.1, 0.15) is 35.4 Å². The van der Waals surface area contributed by atoms with E-state index in [9.17, 15) is 14.6 Å². The van der Waals surface area contributed by atoms with Gasteiger partial charge in [0.1, 0.15) is 18.8 Å². The predicted molar refractivity (Wildman–Crippen MR) is 158 cm³/mol. The van der Waals surface area contributed by atoms with Gasteiger partial charge in [-0.25, -0.2) is 4.98 Å². The van der Waals surface area contributed by atoms with Gasteiger partial charge in [0.05, 0.1) is 11.9 Å². The Balaban J connectivity index is 1.68. The molecule has 1 aromatic heterocycles. The third-order valence-corrected chi connectivity index (χ3v) is 8.44. The molecule has 0 bridgehead atoms. The molecule has 39 heavy (non-hydrogen) atoms. The van der Waals surface area contributed by atoms with Gasteiger partial charge in [-0.2, -0.15) is 10.2 Å². The third kappa shape index (κ3) is 6.72. The zero-order valence-electron chi connectivity index (χ0n) is 22.8. The highest BCUT2D eigenvalue weighted by molar-refractivity contribution is 7.70. The highest BCUT2D eigenvalue weighted by Crippen LogP contribution is 2.39. The summed E-state index contributed by atoms with van der Waals surface area (Å²) >= 11 is 0. The van der Waals surface area contributed by atoms with Crippen LogP contribution in [-0.4, -0.2) is 54.2 Å². The minimum absolute atomic E-state index is 0.255. The molecular formula is C29H34N7O2P. The van der Waals surface area contributed by atoms with Gasteiger partial charge in [0.2, 0.25) is 11.9 Å². The second-order valence-corrected chi connectivity index (χ2v) is 13.4. The van der Waals surface area contributed by atoms with Crippen LogP contribution in [0.2, 0.25) is 0 Å². The third-order valence-electron chi connectivity index (χ3n) is 6.89. The molecule has 202 valence electrons. The van der Waals surface area contributed by atoms with Crippen molar-refractivity contribution in [3.63, 3.8) is 0 Å². The smallest absolute Gasteiger partial charge is 0.247 e. The summed E-state index contributed by atoms with van der Waals surface area (Å²) < 4.78 is 12.8. The first-order valence-electron chi connectivity index (χ1n) is 12.8. The zero-order chi connectivity index (χ0) is 28.2. The Kier molecular flexibility index (Phi) is 8.49. The largest absolute Gasteiger partial charge is 0.338 e. The molecule has 1 saturated heterocycles. The molecule has 2 heterocycles. The van der Waals surface area contributed by atoms with E-state index in [0.29, 0.717) is 22.7 Å². The van der Waals surface area contributed by atoms with Crippen molar-refractivity contribution in [3.05, 3.63) is 71.9 Å². The molecule has 0 radical (unpaired) electrons. The number of hydrogen-bond donors (Lipinski definition) is 3. The number of anilines is 5. The summed E-state index contributed by atoms with van der Waals surface area (Å²) in [6.45, 7) is 11.0. The van der Waals surface area contributed by atoms with Crippen LogP contribution in [0.3, 0.4) is 0 Å². The molecule has 3 N–H and O–H groups in total. The minimum Gasteiger partial charge on any atom is -0.338 e. The first-order valence-corrected chi connectivity index (χ1v) is 15.4. The zero-order valence-corrected chi connectivity index (χ0v) is 23.7. The number of aryl methyl sites for hydroxylation is 1. The fourth-order valence-corrected chi connectivity index (χ4v) is 5.89. The van der Waals surface area contributed by atoms with Crippen LogP contribution in [0.25, 0.3) is 0 Å². The van der Waals surface area contributed by atoms with Crippen molar-refractivity contribution >= 4 is 47.2 Å². The van der Waals surface area contributed by atoms with Crippen LogP contribution in [-0.2, 0) is 9.36 Å². The molecule has 0 aliphatic carbocycles. The number of aromatic nitrogens is 2. The maximum absolute atomic E-state index is 12.8. The maximum atomic E-state index is 12.8. The topological polar surface area (TPSA) is 123 Å². The number of piperidine rings is 1. The summed E-state index contributed by atoms with van der Waals surface area (Å²) in [5.41, 5.74) is 4.42. The number of nitriles is 1. The van der Waals surface area contributed by atoms with Crippen molar-refractivity contribution in [3.8, 4) is 6.07 Å². The maximum Gasteiger partial charge on any atom is 0.247 e. The van der Waals surface area contributed by atoms with Crippen molar-refractivity contribution in [2.24, 2.45) is 0 Å². The molecule has 1 aliphatic heterocycles. The lowest BCUT2D eigenvalue weighted by Gasteiger charge is -2.31.